The SMILES string of the molecule is O=C(CSc1ccc(S(=O)C(F)(F)F)cc1[N+](=O)[O-])OCC(F)(F)C(F)(F)C(F)(F)C(F)(F)C(F)(F)C(F)F. The van der Waals surface area contributed by atoms with Gasteiger partial charge in [0.2, 0.25) is 0 Å². The minimum atomic E-state index is -7.84. The Bertz CT molecular complexity index is 1110. The predicted octanol–water partition coefficient (Wildman–Crippen LogP) is 6.30. The molecule has 224 valence electrons. The molecule has 0 saturated carbocycles. The summed E-state index contributed by atoms with van der Waals surface area (Å²) in [5.74, 6) is -40.4. The number of nitro benzene ring substituents is 1. The molecular weight excluding hydrogens is 635 g/mol. The third-order valence-corrected chi connectivity index (χ3v) is 6.39. The number of hydrogen-bond acceptors (Lipinski definition) is 6. The average Bonchev–Trinajstić information content (AvgIpc) is 2.79. The quantitative estimate of drug-likeness (QED) is 0.0875. The van der Waals surface area contributed by atoms with Gasteiger partial charge >= 0.3 is 47.5 Å². The lowest BCUT2D eigenvalue weighted by atomic mass is 9.94. The monoisotopic (exact) mass is 643 g/mol. The Hall–Kier alpha value is -2.46. The summed E-state index contributed by atoms with van der Waals surface area (Å²) < 4.78 is 209. The average molecular weight is 643 g/mol. The number of carbonyl (C=O) groups is 1. The van der Waals surface area contributed by atoms with Crippen LogP contribution in [0.25, 0.3) is 0 Å². The molecule has 0 N–H and O–H groups in total. The normalized spacial score (nSPS) is 14.9. The Morgan fingerprint density at radius 2 is 1.44 bits per heavy atom. The maximum Gasteiger partial charge on any atom is 0.475 e. The Labute approximate surface area is 211 Å². The van der Waals surface area contributed by atoms with E-state index in [-0.39, 0.29) is 17.8 Å². The zero-order valence-corrected chi connectivity index (χ0v) is 19.3. The Balaban J connectivity index is 3.06. The highest BCUT2D eigenvalue weighted by molar-refractivity contribution is 8.00. The molecule has 0 radical (unpaired) electrons. The van der Waals surface area contributed by atoms with Gasteiger partial charge in [-0.15, -0.1) is 11.8 Å². The third-order valence-electron chi connectivity index (χ3n) is 4.25. The van der Waals surface area contributed by atoms with Gasteiger partial charge in [-0.2, -0.15) is 57.1 Å². The standard InChI is InChI=1S/C16H8F15NO5S2/c17-10(18)12(21,22)14(25,26)15(27,28)13(23,24)11(19,20)5-37-9(33)4-38-8-2-1-6(3-7(8)32(34)35)39(36)16(29,30)31/h1-3,10H,4-5H2. The van der Waals surface area contributed by atoms with E-state index in [2.05, 4.69) is 4.74 Å². The zero-order valence-electron chi connectivity index (χ0n) is 17.7. The molecule has 0 spiro atoms. The minimum absolute atomic E-state index is 0.0936. The van der Waals surface area contributed by atoms with Crippen LogP contribution in [-0.4, -0.2) is 69.0 Å². The molecule has 39 heavy (non-hydrogen) atoms. The van der Waals surface area contributed by atoms with Crippen molar-refractivity contribution in [3.05, 3.63) is 28.3 Å². The van der Waals surface area contributed by atoms with Crippen molar-refractivity contribution in [2.75, 3.05) is 12.4 Å². The number of thioether (sulfide) groups is 1. The van der Waals surface area contributed by atoms with Crippen molar-refractivity contribution in [3.63, 3.8) is 0 Å². The first-order valence-corrected chi connectivity index (χ1v) is 11.1. The molecule has 0 aliphatic heterocycles. The van der Waals surface area contributed by atoms with Gasteiger partial charge in [0.05, 0.1) is 20.5 Å². The zero-order chi connectivity index (χ0) is 31.0. The van der Waals surface area contributed by atoms with E-state index in [1.54, 1.807) is 0 Å². The van der Waals surface area contributed by atoms with Crippen LogP contribution in [0.15, 0.2) is 28.0 Å². The van der Waals surface area contributed by atoms with Gasteiger partial charge in [-0.05, 0) is 12.1 Å². The largest absolute Gasteiger partial charge is 0.475 e. The Morgan fingerprint density at radius 1 is 0.923 bits per heavy atom. The van der Waals surface area contributed by atoms with Crippen LogP contribution >= 0.6 is 11.8 Å². The van der Waals surface area contributed by atoms with E-state index in [9.17, 15) is 85.0 Å². The predicted molar refractivity (Wildman–Crippen MR) is 98.0 cm³/mol. The summed E-state index contributed by atoms with van der Waals surface area (Å²) in [4.78, 5) is 19.3. The second-order valence-corrected chi connectivity index (χ2v) is 9.39. The summed E-state index contributed by atoms with van der Waals surface area (Å²) in [6.07, 6.45) is -5.70. The highest BCUT2D eigenvalue weighted by Crippen LogP contribution is 2.58. The summed E-state index contributed by atoms with van der Waals surface area (Å²) in [7, 11) is -3.76. The van der Waals surface area contributed by atoms with E-state index in [1.165, 1.54) is 0 Å². The molecule has 0 aromatic heterocycles. The van der Waals surface area contributed by atoms with Crippen LogP contribution in [0.4, 0.5) is 71.5 Å². The van der Waals surface area contributed by atoms with Gasteiger partial charge < -0.3 is 4.74 Å². The van der Waals surface area contributed by atoms with Crippen LogP contribution in [0.2, 0.25) is 0 Å². The Kier molecular flexibility index (Phi) is 9.92. The van der Waals surface area contributed by atoms with Crippen molar-refractivity contribution < 1.29 is 84.5 Å². The van der Waals surface area contributed by atoms with Crippen LogP contribution in [0.5, 0.6) is 0 Å². The van der Waals surface area contributed by atoms with Crippen molar-refractivity contribution in [1.29, 1.82) is 0 Å². The number of ether oxygens (including phenoxy) is 1. The van der Waals surface area contributed by atoms with Gasteiger partial charge in [0, 0.05) is 6.07 Å². The molecule has 0 heterocycles. The number of esters is 1. The maximum atomic E-state index is 13.6. The second-order valence-electron chi connectivity index (χ2n) is 6.90. The number of carbonyl (C=O) groups excluding carboxylic acids is 1. The molecule has 23 heteroatoms. The first-order valence-electron chi connectivity index (χ1n) is 8.98. The lowest BCUT2D eigenvalue weighted by Gasteiger charge is -2.38. The fourth-order valence-corrected chi connectivity index (χ4v) is 3.70. The van der Waals surface area contributed by atoms with Gasteiger partial charge in [-0.1, -0.05) is 0 Å². The molecule has 1 aromatic rings. The molecule has 1 unspecified atom stereocenters. The van der Waals surface area contributed by atoms with E-state index < -0.39 is 91.1 Å². The van der Waals surface area contributed by atoms with E-state index in [4.69, 9.17) is 0 Å². The number of rotatable bonds is 12. The number of benzene rings is 1. The number of hydrogen-bond donors (Lipinski definition) is 0. The molecule has 1 aromatic carbocycles. The summed E-state index contributed by atoms with van der Waals surface area (Å²) in [5.41, 5.74) is -6.59. The number of nitro groups is 1. The lowest BCUT2D eigenvalue weighted by Crippen LogP contribution is -2.69. The Morgan fingerprint density at radius 3 is 1.87 bits per heavy atom. The lowest BCUT2D eigenvalue weighted by molar-refractivity contribution is -0.414. The molecule has 0 aliphatic carbocycles. The summed E-state index contributed by atoms with van der Waals surface area (Å²) in [5, 5.41) is 11.0. The molecule has 0 saturated heterocycles. The summed E-state index contributed by atoms with van der Waals surface area (Å²) >= 11 is -0.0936. The third kappa shape index (κ3) is 6.65. The molecule has 6 nitrogen and oxygen atoms in total. The second kappa shape index (κ2) is 11.2. The maximum absolute atomic E-state index is 13.6. The number of halogens is 15. The first kappa shape index (κ1) is 34.6. The van der Waals surface area contributed by atoms with Crippen molar-refractivity contribution in [3.8, 4) is 0 Å². The van der Waals surface area contributed by atoms with E-state index in [0.29, 0.717) is 12.1 Å². The number of nitrogens with zero attached hydrogens (tertiary/aromatic N) is 1. The van der Waals surface area contributed by atoms with Gasteiger partial charge in [0.1, 0.15) is 0 Å². The minimum Gasteiger partial charge on any atom is -0.458 e. The fraction of sp³-hybridized carbons (Fsp3) is 0.562. The van der Waals surface area contributed by atoms with Crippen LogP contribution in [-0.2, 0) is 20.3 Å². The highest BCUT2D eigenvalue weighted by atomic mass is 32.2. The first-order chi connectivity index (χ1) is 17.3. The van der Waals surface area contributed by atoms with Crippen molar-refractivity contribution >= 4 is 34.2 Å². The number of alkyl halides is 15. The smallest absolute Gasteiger partial charge is 0.458 e. The van der Waals surface area contributed by atoms with Crippen LogP contribution in [0.3, 0.4) is 0 Å². The van der Waals surface area contributed by atoms with E-state index in [0.717, 1.165) is 0 Å². The molecule has 0 bridgehead atoms. The van der Waals surface area contributed by atoms with E-state index in [1.807, 2.05) is 0 Å². The van der Waals surface area contributed by atoms with Crippen LogP contribution in [0.1, 0.15) is 0 Å². The van der Waals surface area contributed by atoms with Crippen LogP contribution in [0, 0.1) is 10.1 Å². The summed E-state index contributed by atoms with van der Waals surface area (Å²) in [6, 6.07) is 1.06. The molecule has 1 atom stereocenters. The van der Waals surface area contributed by atoms with Crippen molar-refractivity contribution in [2.24, 2.45) is 0 Å². The van der Waals surface area contributed by atoms with Crippen molar-refractivity contribution in [2.45, 2.75) is 51.3 Å². The fourth-order valence-electron chi connectivity index (χ4n) is 2.22. The van der Waals surface area contributed by atoms with Crippen LogP contribution < -0.4 is 0 Å². The van der Waals surface area contributed by atoms with Gasteiger partial charge in [0.15, 0.2) is 17.4 Å². The molecule has 1 rings (SSSR count). The highest BCUT2D eigenvalue weighted by Gasteiger charge is 2.87. The molecule has 0 aliphatic rings. The molecular formula is C16H8F15NO5S2. The van der Waals surface area contributed by atoms with Gasteiger partial charge in [-0.3, -0.25) is 14.9 Å². The summed E-state index contributed by atoms with van der Waals surface area (Å²) in [6.45, 7) is -3.21. The topological polar surface area (TPSA) is 86.5 Å². The van der Waals surface area contributed by atoms with E-state index >= 15 is 0 Å². The molecule has 0 fully saturated rings. The van der Waals surface area contributed by atoms with Gasteiger partial charge in [-0.25, -0.2) is 13.0 Å². The van der Waals surface area contributed by atoms with Gasteiger partial charge in [0.25, 0.3) is 5.69 Å². The molecule has 0 amide bonds. The van der Waals surface area contributed by atoms with Crippen molar-refractivity contribution in [1.82, 2.24) is 0 Å².